The van der Waals surface area contributed by atoms with Gasteiger partial charge in [-0.25, -0.2) is 4.39 Å². The van der Waals surface area contributed by atoms with E-state index in [1.54, 1.807) is 30.3 Å². The number of rotatable bonds is 7. The molecule has 1 unspecified atom stereocenters. The first-order chi connectivity index (χ1) is 16.9. The summed E-state index contributed by atoms with van der Waals surface area (Å²) >= 11 is 0. The molecule has 1 aliphatic rings. The summed E-state index contributed by atoms with van der Waals surface area (Å²) in [5.74, 6) is -1.47. The summed E-state index contributed by atoms with van der Waals surface area (Å²) in [4.78, 5) is 40.1. The summed E-state index contributed by atoms with van der Waals surface area (Å²) in [7, 11) is 0. The largest absolute Gasteiger partial charge is 0.459 e. The second-order valence-corrected chi connectivity index (χ2v) is 8.68. The molecule has 1 atom stereocenters. The van der Waals surface area contributed by atoms with Crippen LogP contribution in [0, 0.1) is 5.82 Å². The first-order valence-electron chi connectivity index (χ1n) is 11.7. The maximum absolute atomic E-state index is 13.7. The Kier molecular flexibility index (Phi) is 7.60. The van der Waals surface area contributed by atoms with Gasteiger partial charge in [-0.15, -0.1) is 0 Å². The fourth-order valence-corrected chi connectivity index (χ4v) is 4.40. The van der Waals surface area contributed by atoms with Gasteiger partial charge in [0, 0.05) is 24.3 Å². The highest BCUT2D eigenvalue weighted by Crippen LogP contribution is 2.32. The van der Waals surface area contributed by atoms with Gasteiger partial charge in [0.15, 0.2) is 5.76 Å². The molecule has 1 aliphatic carbocycles. The van der Waals surface area contributed by atoms with Gasteiger partial charge < -0.3 is 15.1 Å². The molecule has 2 N–H and O–H groups in total. The Balaban J connectivity index is 1.76. The number of nitrogens with one attached hydrogen (secondary N) is 2. The van der Waals surface area contributed by atoms with E-state index in [1.165, 1.54) is 48.4 Å². The smallest absolute Gasteiger partial charge is 0.294 e. The molecule has 182 valence electrons. The lowest BCUT2D eigenvalue weighted by Gasteiger charge is -2.33. The molecular formula is C27H28FN3O4. The number of benzene rings is 2. The topological polar surface area (TPSA) is 91.7 Å². The monoisotopic (exact) mass is 477 g/mol. The summed E-state index contributed by atoms with van der Waals surface area (Å²) in [6.07, 6.45) is 6.34. The van der Waals surface area contributed by atoms with Crippen LogP contribution >= 0.6 is 0 Å². The van der Waals surface area contributed by atoms with Crippen LogP contribution in [0.1, 0.15) is 61.2 Å². The molecule has 1 heterocycles. The van der Waals surface area contributed by atoms with Crippen molar-refractivity contribution in [3.63, 3.8) is 0 Å². The highest BCUT2D eigenvalue weighted by molar-refractivity contribution is 6.08. The Morgan fingerprint density at radius 3 is 2.26 bits per heavy atom. The van der Waals surface area contributed by atoms with E-state index in [4.69, 9.17) is 4.42 Å². The van der Waals surface area contributed by atoms with Crippen LogP contribution in [-0.2, 0) is 9.59 Å². The highest BCUT2D eigenvalue weighted by atomic mass is 19.1. The van der Waals surface area contributed by atoms with Crippen molar-refractivity contribution in [2.75, 3.05) is 10.2 Å². The molecular weight excluding hydrogens is 449 g/mol. The van der Waals surface area contributed by atoms with Gasteiger partial charge in [-0.05, 0) is 66.9 Å². The molecule has 0 radical (unpaired) electrons. The van der Waals surface area contributed by atoms with E-state index in [-0.39, 0.29) is 23.6 Å². The van der Waals surface area contributed by atoms with E-state index >= 15 is 0 Å². The molecule has 1 saturated carbocycles. The van der Waals surface area contributed by atoms with Crippen LogP contribution in [0.15, 0.2) is 71.3 Å². The third-order valence-corrected chi connectivity index (χ3v) is 6.06. The van der Waals surface area contributed by atoms with Crippen molar-refractivity contribution in [2.24, 2.45) is 0 Å². The lowest BCUT2D eigenvalue weighted by molar-refractivity contribution is -0.123. The lowest BCUT2D eigenvalue weighted by Crippen LogP contribution is -2.47. The van der Waals surface area contributed by atoms with Crippen LogP contribution in [0.4, 0.5) is 15.8 Å². The molecule has 35 heavy (non-hydrogen) atoms. The zero-order valence-corrected chi connectivity index (χ0v) is 19.5. The third kappa shape index (κ3) is 5.95. The minimum atomic E-state index is -1.07. The van der Waals surface area contributed by atoms with Crippen LogP contribution in [0.3, 0.4) is 0 Å². The summed E-state index contributed by atoms with van der Waals surface area (Å²) in [6.45, 7) is 1.40. The minimum Gasteiger partial charge on any atom is -0.459 e. The molecule has 7 nitrogen and oxygen atoms in total. The number of amides is 3. The van der Waals surface area contributed by atoms with Crippen molar-refractivity contribution in [3.8, 4) is 0 Å². The SMILES string of the molecule is CC(=O)Nc1ccc(N(C(=O)c2ccco2)C(C(=O)NC2CCCCC2)c2ccc(F)cc2)cc1. The number of furan rings is 1. The number of nitrogens with zero attached hydrogens (tertiary/aromatic N) is 1. The van der Waals surface area contributed by atoms with Crippen molar-refractivity contribution in [3.05, 3.63) is 84.1 Å². The Morgan fingerprint density at radius 1 is 0.971 bits per heavy atom. The molecule has 1 fully saturated rings. The number of hydrogen-bond acceptors (Lipinski definition) is 4. The first kappa shape index (κ1) is 24.2. The number of anilines is 2. The van der Waals surface area contributed by atoms with E-state index in [2.05, 4.69) is 10.6 Å². The van der Waals surface area contributed by atoms with Crippen LogP contribution in [-0.4, -0.2) is 23.8 Å². The zero-order chi connectivity index (χ0) is 24.8. The molecule has 8 heteroatoms. The van der Waals surface area contributed by atoms with Gasteiger partial charge in [0.2, 0.25) is 11.8 Å². The Hall–Kier alpha value is -3.94. The summed E-state index contributed by atoms with van der Waals surface area (Å²) < 4.78 is 19.1. The number of carbonyl (C=O) groups excluding carboxylic acids is 3. The number of halogens is 1. The lowest BCUT2D eigenvalue weighted by atomic mass is 9.94. The Morgan fingerprint density at radius 2 is 1.66 bits per heavy atom. The van der Waals surface area contributed by atoms with Crippen LogP contribution < -0.4 is 15.5 Å². The molecule has 4 rings (SSSR count). The van der Waals surface area contributed by atoms with Gasteiger partial charge in [-0.2, -0.15) is 0 Å². The van der Waals surface area contributed by atoms with Gasteiger partial charge in [0.25, 0.3) is 5.91 Å². The fourth-order valence-electron chi connectivity index (χ4n) is 4.40. The minimum absolute atomic E-state index is 0.0157. The van der Waals surface area contributed by atoms with Crippen molar-refractivity contribution in [1.29, 1.82) is 0 Å². The summed E-state index contributed by atoms with van der Waals surface area (Å²) in [6, 6.07) is 14.2. The second kappa shape index (κ2) is 11.0. The summed E-state index contributed by atoms with van der Waals surface area (Å²) in [5, 5.41) is 5.80. The van der Waals surface area contributed by atoms with E-state index in [0.29, 0.717) is 16.9 Å². The first-order valence-corrected chi connectivity index (χ1v) is 11.7. The van der Waals surface area contributed by atoms with Crippen LogP contribution in [0.25, 0.3) is 0 Å². The standard InChI is InChI=1S/C27H28FN3O4/c1-18(32)29-22-13-15-23(16-14-22)31(27(34)24-8-5-17-35-24)25(19-9-11-20(28)12-10-19)26(33)30-21-6-3-2-4-7-21/h5,8-17,21,25H,2-4,6-7H2,1H3,(H,29,32)(H,30,33). The molecule has 0 spiro atoms. The number of hydrogen-bond donors (Lipinski definition) is 2. The maximum atomic E-state index is 13.7. The van der Waals surface area contributed by atoms with E-state index in [1.807, 2.05) is 0 Å². The van der Waals surface area contributed by atoms with Crippen LogP contribution in [0.5, 0.6) is 0 Å². The van der Waals surface area contributed by atoms with Gasteiger partial charge in [0.1, 0.15) is 11.9 Å². The quantitative estimate of drug-likeness (QED) is 0.488. The van der Waals surface area contributed by atoms with Gasteiger partial charge in [-0.1, -0.05) is 31.4 Å². The van der Waals surface area contributed by atoms with Crippen molar-refractivity contribution >= 4 is 29.1 Å². The van der Waals surface area contributed by atoms with Gasteiger partial charge in [-0.3, -0.25) is 19.3 Å². The zero-order valence-electron chi connectivity index (χ0n) is 19.5. The van der Waals surface area contributed by atoms with Gasteiger partial charge in [0.05, 0.1) is 6.26 Å². The molecule has 0 bridgehead atoms. The van der Waals surface area contributed by atoms with E-state index < -0.39 is 17.8 Å². The maximum Gasteiger partial charge on any atom is 0.294 e. The predicted molar refractivity (Wildman–Crippen MR) is 130 cm³/mol. The Labute approximate surface area is 203 Å². The molecule has 0 saturated heterocycles. The van der Waals surface area contributed by atoms with Crippen molar-refractivity contribution in [2.45, 2.75) is 51.1 Å². The van der Waals surface area contributed by atoms with Crippen molar-refractivity contribution in [1.82, 2.24) is 5.32 Å². The fraction of sp³-hybridized carbons (Fsp3) is 0.296. The summed E-state index contributed by atoms with van der Waals surface area (Å²) in [5.41, 5.74) is 1.44. The normalized spacial score (nSPS) is 14.7. The second-order valence-electron chi connectivity index (χ2n) is 8.68. The van der Waals surface area contributed by atoms with Gasteiger partial charge >= 0.3 is 0 Å². The molecule has 3 amide bonds. The predicted octanol–water partition coefficient (Wildman–Crippen LogP) is 5.21. The highest BCUT2D eigenvalue weighted by Gasteiger charge is 2.35. The average molecular weight is 478 g/mol. The molecule has 3 aromatic rings. The molecule has 1 aromatic heterocycles. The number of carbonyl (C=O) groups is 3. The third-order valence-electron chi connectivity index (χ3n) is 6.06. The molecule has 0 aliphatic heterocycles. The van der Waals surface area contributed by atoms with E-state index in [9.17, 15) is 18.8 Å². The van der Waals surface area contributed by atoms with Crippen LogP contribution in [0.2, 0.25) is 0 Å². The molecule has 2 aromatic carbocycles. The van der Waals surface area contributed by atoms with E-state index in [0.717, 1.165) is 32.1 Å². The average Bonchev–Trinajstić information content (AvgIpc) is 3.39. The Bertz CT molecular complexity index is 1150. The van der Waals surface area contributed by atoms with Crippen molar-refractivity contribution < 1.29 is 23.2 Å².